The van der Waals surface area contributed by atoms with E-state index in [1.807, 2.05) is 31.2 Å². The van der Waals surface area contributed by atoms with Gasteiger partial charge in [-0.2, -0.15) is 0 Å². The minimum Gasteiger partial charge on any atom is -0.481 e. The maximum atomic E-state index is 11.5. The lowest BCUT2D eigenvalue weighted by Gasteiger charge is -2.11. The summed E-state index contributed by atoms with van der Waals surface area (Å²) in [4.78, 5) is 29.4. The van der Waals surface area contributed by atoms with Crippen LogP contribution in [0.3, 0.4) is 0 Å². The van der Waals surface area contributed by atoms with Crippen LogP contribution in [0.15, 0.2) is 60.0 Å². The van der Waals surface area contributed by atoms with Gasteiger partial charge in [0, 0.05) is 35.6 Å². The van der Waals surface area contributed by atoms with Crippen LogP contribution in [-0.2, 0) is 4.79 Å². The maximum Gasteiger partial charge on any atom is 0.308 e. The lowest BCUT2D eigenvalue weighted by Crippen LogP contribution is -2.22. The minimum absolute atomic E-state index is 0.325. The molecule has 0 fully saturated rings. The van der Waals surface area contributed by atoms with Crippen molar-refractivity contribution in [1.82, 2.24) is 19.9 Å². The first kappa shape index (κ1) is 20.7. The van der Waals surface area contributed by atoms with Gasteiger partial charge in [0.1, 0.15) is 6.33 Å². The number of benzene rings is 1. The van der Waals surface area contributed by atoms with Gasteiger partial charge in [-0.05, 0) is 6.42 Å². The highest BCUT2D eigenvalue weighted by molar-refractivity contribution is 7.19. The Morgan fingerprint density at radius 1 is 1.10 bits per heavy atom. The molecule has 4 aromatic rings. The zero-order valence-corrected chi connectivity index (χ0v) is 17.7. The number of anilines is 1. The number of aromatic nitrogens is 4. The van der Waals surface area contributed by atoms with E-state index in [0.29, 0.717) is 23.9 Å². The summed E-state index contributed by atoms with van der Waals surface area (Å²) in [7, 11) is 0. The van der Waals surface area contributed by atoms with Crippen molar-refractivity contribution >= 4 is 22.4 Å². The summed E-state index contributed by atoms with van der Waals surface area (Å²) in [6.45, 7) is 2.30. The normalized spacial score (nSPS) is 11.9. The smallest absolute Gasteiger partial charge is 0.308 e. The summed E-state index contributed by atoms with van der Waals surface area (Å²) < 4.78 is 5.36. The molecular formula is C22H21N5O3S. The van der Waals surface area contributed by atoms with Crippen molar-refractivity contribution in [2.75, 3.05) is 11.9 Å². The van der Waals surface area contributed by atoms with Crippen LogP contribution < -0.4 is 5.32 Å². The van der Waals surface area contributed by atoms with E-state index < -0.39 is 11.9 Å². The lowest BCUT2D eigenvalue weighted by molar-refractivity contribution is -0.141. The number of thiazole rings is 1. The van der Waals surface area contributed by atoms with Crippen molar-refractivity contribution < 1.29 is 14.3 Å². The summed E-state index contributed by atoms with van der Waals surface area (Å²) in [6, 6.07) is 7.85. The fourth-order valence-corrected chi connectivity index (χ4v) is 4.20. The Labute approximate surface area is 183 Å². The third-order valence-corrected chi connectivity index (χ3v) is 5.87. The van der Waals surface area contributed by atoms with E-state index in [-0.39, 0.29) is 0 Å². The number of hydrogen-bond donors (Lipinski definition) is 2. The van der Waals surface area contributed by atoms with Crippen LogP contribution in [0, 0.1) is 5.92 Å². The number of hydrogen-bond acceptors (Lipinski definition) is 8. The molecule has 158 valence electrons. The van der Waals surface area contributed by atoms with E-state index >= 15 is 0 Å². The van der Waals surface area contributed by atoms with E-state index in [1.165, 1.54) is 24.1 Å². The number of carboxylic acid groups (broad SMARTS) is 1. The van der Waals surface area contributed by atoms with Gasteiger partial charge in [0.2, 0.25) is 0 Å². The van der Waals surface area contributed by atoms with Gasteiger partial charge in [0.15, 0.2) is 17.3 Å². The maximum absolute atomic E-state index is 11.5. The van der Waals surface area contributed by atoms with E-state index in [0.717, 1.165) is 33.7 Å². The first-order chi connectivity index (χ1) is 15.2. The van der Waals surface area contributed by atoms with E-state index in [9.17, 15) is 9.90 Å². The second-order valence-electron chi connectivity index (χ2n) is 6.97. The summed E-state index contributed by atoms with van der Waals surface area (Å²) in [5, 5.41) is 13.3. The molecule has 2 N–H and O–H groups in total. The van der Waals surface area contributed by atoms with Crippen LogP contribution in [0.2, 0.25) is 0 Å². The number of nitrogens with zero attached hydrogens (tertiary/aromatic N) is 4. The van der Waals surface area contributed by atoms with Crippen LogP contribution in [-0.4, -0.2) is 37.6 Å². The SMILES string of the molecule is CCCC(CNc1nc(-c2ccc(-c3cnco3)cc2)c(-c2cncnc2)s1)C(=O)O. The molecule has 0 aliphatic carbocycles. The van der Waals surface area contributed by atoms with Crippen molar-refractivity contribution in [3.63, 3.8) is 0 Å². The molecular weight excluding hydrogens is 414 g/mol. The summed E-state index contributed by atoms with van der Waals surface area (Å²) >= 11 is 1.46. The molecule has 1 atom stereocenters. The fraction of sp³-hybridized carbons (Fsp3) is 0.227. The molecule has 0 saturated heterocycles. The molecule has 0 saturated carbocycles. The predicted molar refractivity (Wildman–Crippen MR) is 119 cm³/mol. The third-order valence-electron chi connectivity index (χ3n) is 4.81. The first-order valence-electron chi connectivity index (χ1n) is 9.88. The molecule has 9 heteroatoms. The highest BCUT2D eigenvalue weighted by Gasteiger charge is 2.19. The topological polar surface area (TPSA) is 114 Å². The molecule has 0 amide bonds. The van der Waals surface area contributed by atoms with Gasteiger partial charge in [0.05, 0.1) is 22.7 Å². The molecule has 1 unspecified atom stereocenters. The van der Waals surface area contributed by atoms with Gasteiger partial charge in [-0.3, -0.25) is 4.79 Å². The van der Waals surface area contributed by atoms with Crippen molar-refractivity contribution in [3.8, 4) is 33.0 Å². The van der Waals surface area contributed by atoms with Crippen molar-refractivity contribution in [2.45, 2.75) is 19.8 Å². The monoisotopic (exact) mass is 435 g/mol. The molecule has 0 spiro atoms. The molecule has 0 aliphatic rings. The Bertz CT molecular complexity index is 1130. The highest BCUT2D eigenvalue weighted by Crippen LogP contribution is 2.39. The van der Waals surface area contributed by atoms with Gasteiger partial charge < -0.3 is 14.8 Å². The molecule has 1 aromatic carbocycles. The van der Waals surface area contributed by atoms with Gasteiger partial charge in [0.25, 0.3) is 0 Å². The van der Waals surface area contributed by atoms with Crippen molar-refractivity contribution in [1.29, 1.82) is 0 Å². The number of aliphatic carboxylic acids is 1. The van der Waals surface area contributed by atoms with Gasteiger partial charge in [-0.15, -0.1) is 0 Å². The average molecular weight is 436 g/mol. The Morgan fingerprint density at radius 3 is 2.48 bits per heavy atom. The second-order valence-corrected chi connectivity index (χ2v) is 7.97. The van der Waals surface area contributed by atoms with Crippen molar-refractivity contribution in [2.24, 2.45) is 5.92 Å². The minimum atomic E-state index is -0.800. The number of carbonyl (C=O) groups is 1. The Morgan fingerprint density at radius 2 is 1.84 bits per heavy atom. The standard InChI is InChI=1S/C22H21N5O3S/c1-2-3-16(21(28)29)10-26-22-27-19(20(31-22)17-8-23-12-24-9-17)15-6-4-14(5-7-15)18-11-25-13-30-18/h4-9,11-13,16H,2-3,10H2,1H3,(H,26,27)(H,28,29). The second kappa shape index (κ2) is 9.48. The highest BCUT2D eigenvalue weighted by atomic mass is 32.1. The van der Waals surface area contributed by atoms with Crippen molar-refractivity contribution in [3.05, 3.63) is 55.6 Å². The molecule has 0 aliphatic heterocycles. The molecule has 31 heavy (non-hydrogen) atoms. The van der Waals surface area contributed by atoms with E-state index in [1.54, 1.807) is 18.6 Å². The third kappa shape index (κ3) is 4.77. The van der Waals surface area contributed by atoms with Crippen LogP contribution in [0.5, 0.6) is 0 Å². The molecule has 0 bridgehead atoms. The fourth-order valence-electron chi connectivity index (χ4n) is 3.23. The number of oxazole rings is 1. The summed E-state index contributed by atoms with van der Waals surface area (Å²) in [5.74, 6) is -0.563. The van der Waals surface area contributed by atoms with E-state index in [4.69, 9.17) is 9.40 Å². The first-order valence-corrected chi connectivity index (χ1v) is 10.7. The molecule has 8 nitrogen and oxygen atoms in total. The molecule has 3 heterocycles. The molecule has 4 rings (SSSR count). The zero-order chi connectivity index (χ0) is 21.6. The number of carboxylic acids is 1. The average Bonchev–Trinajstić information content (AvgIpc) is 3.48. The van der Waals surface area contributed by atoms with E-state index in [2.05, 4.69) is 20.3 Å². The largest absolute Gasteiger partial charge is 0.481 e. The Hall–Kier alpha value is -3.59. The Kier molecular flexibility index (Phi) is 6.32. The Balaban J connectivity index is 1.65. The summed E-state index contributed by atoms with van der Waals surface area (Å²) in [5.41, 5.74) is 3.48. The van der Waals surface area contributed by atoms with Crippen LogP contribution in [0.25, 0.3) is 33.0 Å². The van der Waals surface area contributed by atoms with Gasteiger partial charge in [-0.1, -0.05) is 48.9 Å². The number of rotatable bonds is 9. The van der Waals surface area contributed by atoms with Crippen LogP contribution >= 0.6 is 11.3 Å². The number of nitrogens with one attached hydrogen (secondary N) is 1. The predicted octanol–water partition coefficient (Wildman–Crippen LogP) is 4.83. The van der Waals surface area contributed by atoms with Crippen LogP contribution in [0.1, 0.15) is 19.8 Å². The lowest BCUT2D eigenvalue weighted by atomic mass is 10.0. The van der Waals surface area contributed by atoms with Gasteiger partial charge >= 0.3 is 5.97 Å². The zero-order valence-electron chi connectivity index (χ0n) is 16.9. The quantitative estimate of drug-likeness (QED) is 0.384. The molecule has 3 aromatic heterocycles. The van der Waals surface area contributed by atoms with Gasteiger partial charge in [-0.25, -0.2) is 19.9 Å². The van der Waals surface area contributed by atoms with Crippen LogP contribution in [0.4, 0.5) is 5.13 Å². The molecule has 0 radical (unpaired) electrons. The summed E-state index contributed by atoms with van der Waals surface area (Å²) in [6.07, 6.45) is 9.47.